The summed E-state index contributed by atoms with van der Waals surface area (Å²) in [7, 11) is 0. The van der Waals surface area contributed by atoms with Crippen LogP contribution in [-0.4, -0.2) is 20.4 Å². The van der Waals surface area contributed by atoms with E-state index in [0.717, 1.165) is 3.57 Å². The summed E-state index contributed by atoms with van der Waals surface area (Å²) in [5.74, 6) is 0.00395. The van der Waals surface area contributed by atoms with Crippen molar-refractivity contribution in [1.82, 2.24) is 20.4 Å². The summed E-state index contributed by atoms with van der Waals surface area (Å²) in [6, 6.07) is 4.40. The van der Waals surface area contributed by atoms with Gasteiger partial charge in [-0.05, 0) is 40.8 Å². The number of aromatic nitrogens is 4. The molecule has 0 spiro atoms. The molecule has 0 unspecified atom stereocenters. The molecule has 70 valence electrons. The van der Waals surface area contributed by atoms with Gasteiger partial charge in [-0.3, -0.25) is 0 Å². The summed E-state index contributed by atoms with van der Waals surface area (Å²) in [5, 5.41) is 14.7. The molecule has 0 aliphatic carbocycles. The lowest BCUT2D eigenvalue weighted by atomic mass is 10.2. The van der Waals surface area contributed by atoms with Gasteiger partial charge in [0.1, 0.15) is 5.82 Å². The zero-order valence-electron chi connectivity index (χ0n) is 6.85. The Balaban J connectivity index is 2.57. The number of nitrogens with zero attached hydrogens (tertiary/aromatic N) is 4. The van der Waals surface area contributed by atoms with Crippen LogP contribution in [0.3, 0.4) is 0 Å². The molecule has 14 heavy (non-hydrogen) atoms. The third-order valence-electron chi connectivity index (χ3n) is 1.58. The molecule has 0 saturated heterocycles. The van der Waals surface area contributed by atoms with Gasteiger partial charge in [-0.1, -0.05) is 0 Å². The van der Waals surface area contributed by atoms with Gasteiger partial charge in [0.15, 0.2) is 6.33 Å². The highest BCUT2D eigenvalue weighted by molar-refractivity contribution is 14.1. The van der Waals surface area contributed by atoms with Crippen molar-refractivity contribution >= 4 is 22.6 Å². The number of benzene rings is 1. The van der Waals surface area contributed by atoms with Gasteiger partial charge in [0, 0.05) is 9.13 Å². The van der Waals surface area contributed by atoms with Gasteiger partial charge in [0.25, 0.3) is 0 Å². The fourth-order valence-electron chi connectivity index (χ4n) is 0.981. The van der Waals surface area contributed by atoms with Crippen LogP contribution in [0.5, 0.6) is 0 Å². The van der Waals surface area contributed by atoms with Crippen LogP contribution in [0.2, 0.25) is 0 Å². The first-order valence-electron chi connectivity index (χ1n) is 3.73. The molecule has 0 N–H and O–H groups in total. The Morgan fingerprint density at radius 1 is 1.14 bits per heavy atom. The van der Waals surface area contributed by atoms with Crippen LogP contribution in [0.1, 0.15) is 0 Å². The van der Waals surface area contributed by atoms with Crippen LogP contribution in [0.4, 0.5) is 4.39 Å². The summed E-state index contributed by atoms with van der Waals surface area (Å²) in [6.07, 6.45) is 1.23. The minimum absolute atomic E-state index is 0.326. The normalized spacial score (nSPS) is 10.1. The van der Waals surface area contributed by atoms with Crippen molar-refractivity contribution in [3.63, 3.8) is 0 Å². The largest absolute Gasteiger partial charge is 0.207 e. The highest BCUT2D eigenvalue weighted by Gasteiger charge is 2.07. The van der Waals surface area contributed by atoms with E-state index in [1.54, 1.807) is 6.07 Å². The van der Waals surface area contributed by atoms with Crippen molar-refractivity contribution in [2.24, 2.45) is 0 Å². The van der Waals surface area contributed by atoms with Crippen molar-refractivity contribution in [3.05, 3.63) is 33.9 Å². The van der Waals surface area contributed by atoms with E-state index in [-0.39, 0.29) is 5.82 Å². The summed E-state index contributed by atoms with van der Waals surface area (Å²) in [4.78, 5) is 0. The van der Waals surface area contributed by atoms with Crippen molar-refractivity contribution in [2.75, 3.05) is 0 Å². The van der Waals surface area contributed by atoms with Crippen molar-refractivity contribution in [1.29, 1.82) is 0 Å². The average Bonchev–Trinajstić information content (AvgIpc) is 2.23. The maximum atomic E-state index is 12.9. The third kappa shape index (κ3) is 1.84. The molecule has 6 heteroatoms. The lowest BCUT2D eigenvalue weighted by molar-refractivity contribution is 0.627. The molecule has 2 rings (SSSR count). The van der Waals surface area contributed by atoms with Gasteiger partial charge in [-0.15, -0.1) is 20.4 Å². The van der Waals surface area contributed by atoms with Gasteiger partial charge in [-0.25, -0.2) is 4.39 Å². The first kappa shape index (κ1) is 9.38. The van der Waals surface area contributed by atoms with Gasteiger partial charge < -0.3 is 0 Å². The van der Waals surface area contributed by atoms with Crippen LogP contribution < -0.4 is 0 Å². The molecule has 4 nitrogen and oxygen atoms in total. The molecule has 0 amide bonds. The molecule has 1 heterocycles. The molecule has 0 saturated carbocycles. The quantitative estimate of drug-likeness (QED) is 0.752. The molecule has 1 aromatic carbocycles. The lowest BCUT2D eigenvalue weighted by Crippen LogP contribution is -1.96. The molecule has 0 fully saturated rings. The SMILES string of the molecule is Fc1ccc(I)c(-c2nncnn2)c1. The molecule has 0 radical (unpaired) electrons. The third-order valence-corrected chi connectivity index (χ3v) is 2.52. The van der Waals surface area contributed by atoms with Gasteiger partial charge >= 0.3 is 0 Å². The van der Waals surface area contributed by atoms with Gasteiger partial charge in [-0.2, -0.15) is 0 Å². The zero-order chi connectivity index (χ0) is 9.97. The van der Waals surface area contributed by atoms with E-state index >= 15 is 0 Å². The Bertz CT molecular complexity index is 448. The average molecular weight is 302 g/mol. The highest BCUT2D eigenvalue weighted by atomic mass is 127. The Hall–Kier alpha value is -1.18. The number of hydrogen-bond acceptors (Lipinski definition) is 4. The Morgan fingerprint density at radius 3 is 2.57 bits per heavy atom. The second-order valence-corrected chi connectivity index (χ2v) is 3.66. The first-order chi connectivity index (χ1) is 6.77. The second-order valence-electron chi connectivity index (χ2n) is 2.49. The van der Waals surface area contributed by atoms with Crippen LogP contribution in [0, 0.1) is 9.39 Å². The van der Waals surface area contributed by atoms with E-state index in [2.05, 4.69) is 43.0 Å². The number of hydrogen-bond donors (Lipinski definition) is 0. The molecule has 1 aromatic heterocycles. The standard InChI is InChI=1S/C8H4FIN4/c9-5-1-2-7(10)6(3-5)8-13-11-4-12-14-8/h1-4H. The van der Waals surface area contributed by atoms with Crippen molar-refractivity contribution in [3.8, 4) is 11.4 Å². The fraction of sp³-hybridized carbons (Fsp3) is 0. The lowest BCUT2D eigenvalue weighted by Gasteiger charge is -2.00. The summed E-state index contributed by atoms with van der Waals surface area (Å²) >= 11 is 2.08. The molecule has 2 aromatic rings. The monoisotopic (exact) mass is 302 g/mol. The highest BCUT2D eigenvalue weighted by Crippen LogP contribution is 2.21. The first-order valence-corrected chi connectivity index (χ1v) is 4.81. The van der Waals surface area contributed by atoms with Gasteiger partial charge in [0.2, 0.25) is 5.82 Å². The summed E-state index contributed by atoms with van der Waals surface area (Å²) < 4.78 is 13.8. The maximum absolute atomic E-state index is 12.9. The Kier molecular flexibility index (Phi) is 2.62. The molecule has 0 aliphatic rings. The zero-order valence-corrected chi connectivity index (χ0v) is 9.01. The molecule has 0 atom stereocenters. The van der Waals surface area contributed by atoms with E-state index < -0.39 is 0 Å². The van der Waals surface area contributed by atoms with Crippen LogP contribution in [-0.2, 0) is 0 Å². The minimum atomic E-state index is -0.326. The molecular weight excluding hydrogens is 298 g/mol. The van der Waals surface area contributed by atoms with E-state index in [1.165, 1.54) is 18.5 Å². The van der Waals surface area contributed by atoms with E-state index in [4.69, 9.17) is 0 Å². The smallest absolute Gasteiger partial charge is 0.204 e. The number of rotatable bonds is 1. The van der Waals surface area contributed by atoms with E-state index in [1.807, 2.05) is 0 Å². The van der Waals surface area contributed by atoms with Crippen LogP contribution >= 0.6 is 22.6 Å². The summed E-state index contributed by atoms with van der Waals surface area (Å²) in [5.41, 5.74) is 0.603. The van der Waals surface area contributed by atoms with Crippen molar-refractivity contribution < 1.29 is 4.39 Å². The van der Waals surface area contributed by atoms with E-state index in [0.29, 0.717) is 11.4 Å². The second kappa shape index (κ2) is 3.91. The topological polar surface area (TPSA) is 51.6 Å². The molecule has 0 bridgehead atoms. The molecular formula is C8H4FIN4. The Labute approximate surface area is 92.7 Å². The van der Waals surface area contributed by atoms with Crippen LogP contribution in [0.25, 0.3) is 11.4 Å². The van der Waals surface area contributed by atoms with Gasteiger partial charge in [0.05, 0.1) is 0 Å². The maximum Gasteiger partial charge on any atom is 0.204 e. The van der Waals surface area contributed by atoms with Crippen LogP contribution in [0.15, 0.2) is 24.5 Å². The molecule has 0 aliphatic heterocycles. The van der Waals surface area contributed by atoms with Crippen molar-refractivity contribution in [2.45, 2.75) is 0 Å². The number of halogens is 2. The fourth-order valence-corrected chi connectivity index (χ4v) is 1.56. The predicted molar refractivity (Wildman–Crippen MR) is 55.7 cm³/mol. The summed E-state index contributed by atoms with van der Waals surface area (Å²) in [6.45, 7) is 0. The Morgan fingerprint density at radius 2 is 1.86 bits per heavy atom. The predicted octanol–water partition coefficient (Wildman–Crippen LogP) is 1.68. The minimum Gasteiger partial charge on any atom is -0.207 e. The van der Waals surface area contributed by atoms with E-state index in [9.17, 15) is 4.39 Å².